The number of hydrogen-bond acceptors (Lipinski definition) is 3. The molecule has 0 saturated carbocycles. The van der Waals surface area contributed by atoms with Gasteiger partial charge in [-0.2, -0.15) is 0 Å². The Morgan fingerprint density at radius 3 is 2.36 bits per heavy atom. The summed E-state index contributed by atoms with van der Waals surface area (Å²) in [6.07, 6.45) is 0. The Labute approximate surface area is 80.6 Å². The van der Waals surface area contributed by atoms with Crippen molar-refractivity contribution in [1.29, 1.82) is 0 Å². The Kier molecular flexibility index (Phi) is 2.68. The third-order valence-electron chi connectivity index (χ3n) is 1.63. The second kappa shape index (κ2) is 3.47. The molecule has 14 heavy (non-hydrogen) atoms. The summed E-state index contributed by atoms with van der Waals surface area (Å²) in [5.74, 6) is -1.56. The van der Waals surface area contributed by atoms with Crippen molar-refractivity contribution in [3.8, 4) is 0 Å². The first-order valence-electron chi connectivity index (χ1n) is 3.66. The van der Waals surface area contributed by atoms with Crippen molar-refractivity contribution in [2.75, 3.05) is 0 Å². The smallest absolute Gasteiger partial charge is 0.241 e. The molecule has 0 saturated heterocycles. The van der Waals surface area contributed by atoms with Gasteiger partial charge in [0.25, 0.3) is 0 Å². The van der Waals surface area contributed by atoms with Gasteiger partial charge in [-0.05, 0) is 19.1 Å². The second-order valence-corrected chi connectivity index (χ2v) is 4.22. The van der Waals surface area contributed by atoms with Crippen LogP contribution in [-0.2, 0) is 10.0 Å². The van der Waals surface area contributed by atoms with Gasteiger partial charge < -0.3 is 0 Å². The number of sulfonamides is 1. The molecule has 0 spiro atoms. The summed E-state index contributed by atoms with van der Waals surface area (Å²) in [7, 11) is -4.20. The molecule has 0 aliphatic carbocycles. The molecule has 0 atom stereocenters. The number of nitrogens with two attached hydrogens (primary N) is 1. The molecule has 1 aromatic carbocycles. The van der Waals surface area contributed by atoms with Crippen LogP contribution in [0.2, 0.25) is 0 Å². The van der Waals surface area contributed by atoms with E-state index in [9.17, 15) is 17.6 Å². The standard InChI is InChI=1S/C8H8FNO3S/c1-5(11)6-3-2-4-7(9)8(6)14(10,12)13/h2-4H,1H3,(H2,10,12,13). The lowest BCUT2D eigenvalue weighted by molar-refractivity contribution is 0.101. The van der Waals surface area contributed by atoms with Crippen LogP contribution in [0.1, 0.15) is 17.3 Å². The molecule has 0 aliphatic rings. The predicted molar refractivity (Wildman–Crippen MR) is 47.8 cm³/mol. The second-order valence-electron chi connectivity index (χ2n) is 2.72. The molecule has 4 nitrogen and oxygen atoms in total. The summed E-state index contributed by atoms with van der Waals surface area (Å²) >= 11 is 0. The minimum Gasteiger partial charge on any atom is -0.294 e. The maximum absolute atomic E-state index is 13.1. The molecule has 0 heterocycles. The zero-order valence-corrected chi connectivity index (χ0v) is 8.14. The van der Waals surface area contributed by atoms with E-state index in [1.165, 1.54) is 12.1 Å². The fraction of sp³-hybridized carbons (Fsp3) is 0.125. The molecule has 0 radical (unpaired) electrons. The van der Waals surface area contributed by atoms with Gasteiger partial charge in [-0.15, -0.1) is 0 Å². The van der Waals surface area contributed by atoms with Crippen LogP contribution in [0.25, 0.3) is 0 Å². The van der Waals surface area contributed by atoms with Gasteiger partial charge in [-0.25, -0.2) is 17.9 Å². The van der Waals surface area contributed by atoms with Crippen LogP contribution >= 0.6 is 0 Å². The van der Waals surface area contributed by atoms with E-state index in [2.05, 4.69) is 0 Å². The fourth-order valence-corrected chi connectivity index (χ4v) is 1.93. The highest BCUT2D eigenvalue weighted by Gasteiger charge is 2.21. The average molecular weight is 217 g/mol. The summed E-state index contributed by atoms with van der Waals surface area (Å²) in [5, 5.41) is 4.78. The molecule has 1 aromatic rings. The van der Waals surface area contributed by atoms with Crippen molar-refractivity contribution in [1.82, 2.24) is 0 Å². The van der Waals surface area contributed by atoms with E-state index >= 15 is 0 Å². The summed E-state index contributed by atoms with van der Waals surface area (Å²) in [6.45, 7) is 1.14. The Bertz CT molecular complexity index is 481. The minimum atomic E-state index is -4.20. The van der Waals surface area contributed by atoms with Gasteiger partial charge in [0, 0.05) is 5.56 Å². The van der Waals surface area contributed by atoms with Crippen molar-refractivity contribution in [3.63, 3.8) is 0 Å². The van der Waals surface area contributed by atoms with Gasteiger partial charge in [0.15, 0.2) is 5.78 Å². The van der Waals surface area contributed by atoms with E-state index in [1.807, 2.05) is 0 Å². The van der Waals surface area contributed by atoms with E-state index in [1.54, 1.807) is 0 Å². The van der Waals surface area contributed by atoms with Crippen molar-refractivity contribution in [2.24, 2.45) is 5.14 Å². The number of hydrogen-bond donors (Lipinski definition) is 1. The Morgan fingerprint density at radius 2 is 2.00 bits per heavy atom. The van der Waals surface area contributed by atoms with Crippen LogP contribution in [0, 0.1) is 5.82 Å². The average Bonchev–Trinajstić information content (AvgIpc) is 2.01. The van der Waals surface area contributed by atoms with Crippen LogP contribution < -0.4 is 5.14 Å². The molecule has 0 bridgehead atoms. The number of primary sulfonamides is 1. The summed E-state index contributed by atoms with van der Waals surface area (Å²) < 4.78 is 35.0. The van der Waals surface area contributed by atoms with Gasteiger partial charge in [-0.1, -0.05) is 6.07 Å². The third-order valence-corrected chi connectivity index (χ3v) is 2.61. The van der Waals surface area contributed by atoms with E-state index in [0.717, 1.165) is 13.0 Å². The molecule has 6 heteroatoms. The number of carbonyl (C=O) groups is 1. The van der Waals surface area contributed by atoms with E-state index in [0.29, 0.717) is 0 Å². The molecule has 0 aromatic heterocycles. The third kappa shape index (κ3) is 1.97. The lowest BCUT2D eigenvalue weighted by Crippen LogP contribution is -2.17. The number of Topliss-reactive ketones (excluding diaryl/α,β-unsaturated/α-hetero) is 1. The molecular formula is C8H8FNO3S. The van der Waals surface area contributed by atoms with Crippen molar-refractivity contribution >= 4 is 15.8 Å². The van der Waals surface area contributed by atoms with Gasteiger partial charge >= 0.3 is 0 Å². The monoisotopic (exact) mass is 217 g/mol. The van der Waals surface area contributed by atoms with Crippen molar-refractivity contribution in [2.45, 2.75) is 11.8 Å². The molecule has 1 rings (SSSR count). The fourth-order valence-electron chi connectivity index (χ4n) is 1.08. The maximum atomic E-state index is 13.1. The molecule has 0 fully saturated rings. The van der Waals surface area contributed by atoms with E-state index in [-0.39, 0.29) is 5.56 Å². The summed E-state index contributed by atoms with van der Waals surface area (Å²) in [5.41, 5.74) is -0.229. The molecule has 0 amide bonds. The van der Waals surface area contributed by atoms with Crippen LogP contribution in [-0.4, -0.2) is 14.2 Å². The predicted octanol–water partition coefficient (Wildman–Crippen LogP) is 0.676. The highest BCUT2D eigenvalue weighted by atomic mass is 32.2. The van der Waals surface area contributed by atoms with Crippen molar-refractivity contribution < 1.29 is 17.6 Å². The molecule has 76 valence electrons. The first kappa shape index (κ1) is 10.8. The van der Waals surface area contributed by atoms with Crippen LogP contribution in [0.3, 0.4) is 0 Å². The summed E-state index contributed by atoms with van der Waals surface area (Å²) in [6, 6.07) is 3.40. The quantitative estimate of drug-likeness (QED) is 0.740. The van der Waals surface area contributed by atoms with E-state index < -0.39 is 26.5 Å². The zero-order valence-electron chi connectivity index (χ0n) is 7.32. The first-order valence-corrected chi connectivity index (χ1v) is 5.21. The van der Waals surface area contributed by atoms with Gasteiger partial charge in [-0.3, -0.25) is 4.79 Å². The first-order chi connectivity index (χ1) is 6.34. The largest absolute Gasteiger partial charge is 0.294 e. The normalized spacial score (nSPS) is 11.4. The SMILES string of the molecule is CC(=O)c1cccc(F)c1S(N)(=O)=O. The summed E-state index contributed by atoms with van der Waals surface area (Å²) in [4.78, 5) is 10.2. The maximum Gasteiger partial charge on any atom is 0.241 e. The molecule has 0 unspecified atom stereocenters. The number of benzene rings is 1. The van der Waals surface area contributed by atoms with Crippen LogP contribution in [0.5, 0.6) is 0 Å². The highest BCUT2D eigenvalue weighted by Crippen LogP contribution is 2.18. The van der Waals surface area contributed by atoms with Gasteiger partial charge in [0.2, 0.25) is 10.0 Å². The van der Waals surface area contributed by atoms with Gasteiger partial charge in [0.1, 0.15) is 10.7 Å². The molecular weight excluding hydrogens is 209 g/mol. The molecule has 0 aliphatic heterocycles. The topological polar surface area (TPSA) is 77.2 Å². The Balaban J connectivity index is 3.62. The van der Waals surface area contributed by atoms with E-state index in [4.69, 9.17) is 5.14 Å². The lowest BCUT2D eigenvalue weighted by Gasteiger charge is -2.04. The van der Waals surface area contributed by atoms with Crippen LogP contribution in [0.15, 0.2) is 23.1 Å². The number of rotatable bonds is 2. The highest BCUT2D eigenvalue weighted by molar-refractivity contribution is 7.89. The number of ketones is 1. The zero-order chi connectivity index (χ0) is 10.9. The Morgan fingerprint density at radius 1 is 1.43 bits per heavy atom. The van der Waals surface area contributed by atoms with Crippen LogP contribution in [0.4, 0.5) is 4.39 Å². The number of halogens is 1. The van der Waals surface area contributed by atoms with Crippen molar-refractivity contribution in [3.05, 3.63) is 29.6 Å². The lowest BCUT2D eigenvalue weighted by atomic mass is 10.1. The van der Waals surface area contributed by atoms with Gasteiger partial charge in [0.05, 0.1) is 0 Å². The minimum absolute atomic E-state index is 0.229. The Hall–Kier alpha value is -1.27. The number of carbonyl (C=O) groups excluding carboxylic acids is 1. The molecule has 2 N–H and O–H groups in total.